The largest absolute Gasteiger partial charge is 0.477 e. The molecule has 0 saturated heterocycles. The van der Waals surface area contributed by atoms with Crippen LogP contribution in [0, 0.1) is 0 Å². The molecule has 0 radical (unpaired) electrons. The van der Waals surface area contributed by atoms with Crippen molar-refractivity contribution in [1.29, 1.82) is 0 Å². The molecule has 0 rings (SSSR count). The van der Waals surface area contributed by atoms with E-state index in [0.29, 0.717) is 19.3 Å². The molecule has 0 aromatic heterocycles. The van der Waals surface area contributed by atoms with E-state index in [9.17, 15) is 19.5 Å². The molecule has 0 amide bonds. The van der Waals surface area contributed by atoms with Gasteiger partial charge in [0.2, 0.25) is 0 Å². The predicted octanol–water partition coefficient (Wildman–Crippen LogP) is 9.29. The zero-order chi connectivity index (χ0) is 35.7. The number of nitrogens with zero attached hydrogens (tertiary/aromatic N) is 1. The Morgan fingerprint density at radius 1 is 0.646 bits per heavy atom. The van der Waals surface area contributed by atoms with Crippen LogP contribution >= 0.6 is 0 Å². The van der Waals surface area contributed by atoms with E-state index >= 15 is 0 Å². The maximum absolute atomic E-state index is 12.6. The van der Waals surface area contributed by atoms with Crippen LogP contribution in [0.2, 0.25) is 0 Å². The van der Waals surface area contributed by atoms with E-state index in [1.54, 1.807) is 0 Å². The van der Waals surface area contributed by atoms with Crippen molar-refractivity contribution in [2.75, 3.05) is 41.0 Å². The molecule has 0 aromatic carbocycles. The van der Waals surface area contributed by atoms with Crippen molar-refractivity contribution in [3.8, 4) is 0 Å². The number of carbonyl (C=O) groups excluding carboxylic acids is 2. The molecule has 0 spiro atoms. The van der Waals surface area contributed by atoms with Crippen LogP contribution in [0.1, 0.15) is 136 Å². The lowest BCUT2D eigenvalue weighted by Crippen LogP contribution is -2.50. The van der Waals surface area contributed by atoms with Gasteiger partial charge in [-0.1, -0.05) is 107 Å². The number of allylic oxidation sites excluding steroid dienone is 8. The molecule has 0 saturated carbocycles. The lowest BCUT2D eigenvalue weighted by atomic mass is 10.1. The summed E-state index contributed by atoms with van der Waals surface area (Å²) >= 11 is 0. The van der Waals surface area contributed by atoms with Crippen molar-refractivity contribution >= 4 is 17.9 Å². The third kappa shape index (κ3) is 29.4. The van der Waals surface area contributed by atoms with E-state index in [4.69, 9.17) is 14.2 Å². The normalized spacial score (nSPS) is 13.6. The summed E-state index contributed by atoms with van der Waals surface area (Å²) in [7, 11) is 5.49. The first-order chi connectivity index (χ1) is 23.1. The maximum atomic E-state index is 12.6. The summed E-state index contributed by atoms with van der Waals surface area (Å²) in [6.07, 6.45) is 34.8. The molecule has 0 heterocycles. The molecular weight excluding hydrogens is 606 g/mol. The molecule has 8 nitrogen and oxygen atoms in total. The molecule has 1 N–H and O–H groups in total. The number of likely N-dealkylation sites (N-methyl/N-ethyl adjacent to an activating group) is 1. The van der Waals surface area contributed by atoms with Gasteiger partial charge in [-0.15, -0.1) is 0 Å². The van der Waals surface area contributed by atoms with Crippen LogP contribution in [0.25, 0.3) is 0 Å². The molecule has 48 heavy (non-hydrogen) atoms. The molecule has 0 aliphatic rings. The zero-order valence-electron chi connectivity index (χ0n) is 31.2. The van der Waals surface area contributed by atoms with Crippen LogP contribution in [0.15, 0.2) is 48.6 Å². The molecule has 276 valence electrons. The minimum Gasteiger partial charge on any atom is -0.477 e. The Labute approximate surface area is 293 Å². The molecule has 8 heteroatoms. The average molecular weight is 677 g/mol. The van der Waals surface area contributed by atoms with Crippen molar-refractivity contribution in [3.05, 3.63) is 48.6 Å². The first kappa shape index (κ1) is 45.3. The summed E-state index contributed by atoms with van der Waals surface area (Å²) in [5.41, 5.74) is 0. The highest BCUT2D eigenvalue weighted by molar-refractivity contribution is 5.72. The number of rotatable bonds is 32. The summed E-state index contributed by atoms with van der Waals surface area (Å²) in [6.45, 7) is 4.47. The second-order valence-electron chi connectivity index (χ2n) is 13.4. The van der Waals surface area contributed by atoms with Crippen molar-refractivity contribution < 1.29 is 38.2 Å². The Hall–Kier alpha value is -2.71. The minimum absolute atomic E-state index is 0.0388. The van der Waals surface area contributed by atoms with Gasteiger partial charge in [0.05, 0.1) is 34.4 Å². The van der Waals surface area contributed by atoms with E-state index in [-0.39, 0.29) is 42.7 Å². The van der Waals surface area contributed by atoms with Gasteiger partial charge in [-0.25, -0.2) is 4.79 Å². The van der Waals surface area contributed by atoms with Crippen LogP contribution in [0.3, 0.4) is 0 Å². The van der Waals surface area contributed by atoms with Gasteiger partial charge in [0.15, 0.2) is 12.1 Å². The number of carboxylic acids is 1. The van der Waals surface area contributed by atoms with Crippen molar-refractivity contribution in [2.45, 2.75) is 148 Å². The highest BCUT2D eigenvalue weighted by Crippen LogP contribution is 2.12. The van der Waals surface area contributed by atoms with E-state index in [2.05, 4.69) is 50.3 Å². The van der Waals surface area contributed by atoms with Crippen molar-refractivity contribution in [1.82, 2.24) is 0 Å². The third-order valence-corrected chi connectivity index (χ3v) is 7.98. The van der Waals surface area contributed by atoms with Gasteiger partial charge >= 0.3 is 17.9 Å². The smallest absolute Gasteiger partial charge is 0.362 e. The monoisotopic (exact) mass is 677 g/mol. The van der Waals surface area contributed by atoms with Gasteiger partial charge in [-0.3, -0.25) is 9.59 Å². The van der Waals surface area contributed by atoms with E-state index in [1.165, 1.54) is 51.4 Å². The Kier molecular flexibility index (Phi) is 29.8. The molecule has 0 aliphatic heterocycles. The predicted molar refractivity (Wildman–Crippen MR) is 197 cm³/mol. The van der Waals surface area contributed by atoms with Crippen LogP contribution in [-0.2, 0) is 28.6 Å². The lowest BCUT2D eigenvalue weighted by molar-refractivity contribution is -0.887. The number of hydrogen-bond donors (Lipinski definition) is 1. The highest BCUT2D eigenvalue weighted by Gasteiger charge is 2.31. The van der Waals surface area contributed by atoms with Crippen molar-refractivity contribution in [3.63, 3.8) is 0 Å². The third-order valence-electron chi connectivity index (χ3n) is 7.98. The van der Waals surface area contributed by atoms with Gasteiger partial charge in [0.25, 0.3) is 0 Å². The van der Waals surface area contributed by atoms with Crippen LogP contribution in [0.4, 0.5) is 0 Å². The van der Waals surface area contributed by atoms with Crippen LogP contribution in [0.5, 0.6) is 0 Å². The Morgan fingerprint density at radius 2 is 1.21 bits per heavy atom. The highest BCUT2D eigenvalue weighted by atomic mass is 16.6. The number of unbranched alkanes of at least 4 members (excludes halogenated alkanes) is 10. The summed E-state index contributed by atoms with van der Waals surface area (Å²) in [4.78, 5) is 36.6. The molecule has 0 aliphatic carbocycles. The van der Waals surface area contributed by atoms with Crippen LogP contribution < -0.4 is 0 Å². The zero-order valence-corrected chi connectivity index (χ0v) is 31.2. The van der Waals surface area contributed by atoms with Gasteiger partial charge in [0.1, 0.15) is 6.61 Å². The number of quaternary nitrogens is 1. The van der Waals surface area contributed by atoms with E-state index in [0.717, 1.165) is 44.9 Å². The Morgan fingerprint density at radius 3 is 1.79 bits per heavy atom. The molecule has 0 fully saturated rings. The molecule has 2 unspecified atom stereocenters. The second kappa shape index (κ2) is 31.6. The molecule has 0 bridgehead atoms. The number of aliphatic carboxylic acids is 1. The van der Waals surface area contributed by atoms with Gasteiger partial charge < -0.3 is 23.8 Å². The fourth-order valence-corrected chi connectivity index (χ4v) is 5.06. The number of esters is 2. The summed E-state index contributed by atoms with van der Waals surface area (Å²) in [6, 6.07) is -0.622. The Bertz CT molecular complexity index is 932. The van der Waals surface area contributed by atoms with E-state index < -0.39 is 18.1 Å². The van der Waals surface area contributed by atoms with Gasteiger partial charge in [0, 0.05) is 19.3 Å². The SMILES string of the molecule is CC/C=C/C/C=C/CCC(=O)OCC(COCCC(C(=O)O)[N+](C)(C)C)OC(=O)CCCCCCCCC/C=C/C/C=C/CCCCC. The summed E-state index contributed by atoms with van der Waals surface area (Å²) < 4.78 is 17.0. The average Bonchev–Trinajstić information content (AvgIpc) is 3.03. The van der Waals surface area contributed by atoms with Gasteiger partial charge in [-0.05, 0) is 57.8 Å². The summed E-state index contributed by atoms with van der Waals surface area (Å²) in [5, 5.41) is 9.56. The minimum atomic E-state index is -0.887. The van der Waals surface area contributed by atoms with E-state index in [1.807, 2.05) is 33.3 Å². The molecule has 2 atom stereocenters. The standard InChI is InChI=1S/C40H69NO7/c1-6-8-10-12-14-15-16-17-18-19-20-21-22-23-25-27-29-31-39(43)48-36(34-46-33-32-37(40(44)45)41(3,4)5)35-47-38(42)30-28-26-24-13-11-9-7-2/h9,11,14-15,17-18,24,26,36-37H,6-8,10,12-13,16,19-23,25,27-35H2,1-5H3/p+1/b11-9+,15-14+,18-17+,26-24+. The fraction of sp³-hybridized carbons (Fsp3) is 0.725. The van der Waals surface area contributed by atoms with Crippen molar-refractivity contribution in [2.24, 2.45) is 0 Å². The molecule has 0 aromatic rings. The second-order valence-corrected chi connectivity index (χ2v) is 13.4. The number of ether oxygens (including phenoxy) is 3. The van der Waals surface area contributed by atoms with Crippen LogP contribution in [-0.4, -0.2) is 80.6 Å². The first-order valence-corrected chi connectivity index (χ1v) is 18.7. The number of carbonyl (C=O) groups is 3. The number of carboxylic acid groups (broad SMARTS) is 1. The quantitative estimate of drug-likeness (QED) is 0.0328. The fourth-order valence-electron chi connectivity index (χ4n) is 5.06. The molecular formula is C40H70NO7+. The lowest BCUT2D eigenvalue weighted by Gasteiger charge is -2.31. The summed E-state index contributed by atoms with van der Waals surface area (Å²) in [5.74, 6) is -1.58. The van der Waals surface area contributed by atoms with Gasteiger partial charge in [-0.2, -0.15) is 0 Å². The topological polar surface area (TPSA) is 99.1 Å². The maximum Gasteiger partial charge on any atom is 0.362 e. The number of hydrogen-bond acceptors (Lipinski definition) is 6. The first-order valence-electron chi connectivity index (χ1n) is 18.7. The Balaban J connectivity index is 4.40.